The van der Waals surface area contributed by atoms with Crippen LogP contribution in [0.25, 0.3) is 16.6 Å². The highest BCUT2D eigenvalue weighted by Gasteiger charge is 2.24. The minimum absolute atomic E-state index is 0.0236. The number of hydrogen-bond acceptors (Lipinski definition) is 6. The molecule has 8 nitrogen and oxygen atoms in total. The fourth-order valence-corrected chi connectivity index (χ4v) is 4.42. The van der Waals surface area contributed by atoms with Gasteiger partial charge in [0.05, 0.1) is 30.9 Å². The monoisotopic (exact) mass is 514 g/mol. The van der Waals surface area contributed by atoms with Crippen LogP contribution in [0.3, 0.4) is 0 Å². The van der Waals surface area contributed by atoms with Crippen molar-refractivity contribution in [2.24, 2.45) is 0 Å². The summed E-state index contributed by atoms with van der Waals surface area (Å²) in [4.78, 5) is 26.4. The van der Waals surface area contributed by atoms with Crippen LogP contribution in [0.1, 0.15) is 27.3 Å². The average Bonchev–Trinajstić information content (AvgIpc) is 3.51. The number of carbonyl (C=O) groups excluding carboxylic acids is 2. The summed E-state index contributed by atoms with van der Waals surface area (Å²) in [6.45, 7) is 1.78. The van der Waals surface area contributed by atoms with E-state index in [1.54, 1.807) is 59.8 Å². The second-order valence-corrected chi connectivity index (χ2v) is 8.83. The Morgan fingerprint density at radius 3 is 2.46 bits per heavy atom. The van der Waals surface area contributed by atoms with E-state index in [1.807, 2.05) is 42.5 Å². The molecule has 0 spiro atoms. The Morgan fingerprint density at radius 2 is 1.73 bits per heavy atom. The number of aromatic nitrogens is 4. The molecule has 0 aliphatic rings. The summed E-state index contributed by atoms with van der Waals surface area (Å²) in [5.41, 5.74) is 3.78. The first-order valence-electron chi connectivity index (χ1n) is 11.6. The summed E-state index contributed by atoms with van der Waals surface area (Å²) >= 11 is 6.00. The van der Waals surface area contributed by atoms with Gasteiger partial charge in [-0.1, -0.05) is 41.1 Å². The van der Waals surface area contributed by atoms with Crippen LogP contribution in [0.4, 0.5) is 0 Å². The molecule has 0 radical (unpaired) electrons. The largest absolute Gasteiger partial charge is 0.496 e. The molecular weight excluding hydrogens is 492 g/mol. The first-order chi connectivity index (χ1) is 18.0. The second kappa shape index (κ2) is 10.3. The van der Waals surface area contributed by atoms with Gasteiger partial charge in [0.1, 0.15) is 18.1 Å². The normalized spacial score (nSPS) is 11.0. The Kier molecular flexibility index (Phi) is 6.74. The first-order valence-corrected chi connectivity index (χ1v) is 11.9. The molecule has 2 heterocycles. The average molecular weight is 515 g/mol. The Bertz CT molecular complexity index is 1590. The number of rotatable bonds is 7. The molecule has 3 aromatic carbocycles. The maximum absolute atomic E-state index is 13.5. The third-order valence-corrected chi connectivity index (χ3v) is 6.35. The zero-order chi connectivity index (χ0) is 25.9. The van der Waals surface area contributed by atoms with Gasteiger partial charge in [-0.05, 0) is 61.0 Å². The van der Waals surface area contributed by atoms with Crippen LogP contribution in [0.15, 0.2) is 79.0 Å². The van der Waals surface area contributed by atoms with Crippen LogP contribution < -0.4 is 4.74 Å². The molecule has 0 N–H and O–H groups in total. The van der Waals surface area contributed by atoms with Crippen molar-refractivity contribution < 1.29 is 19.1 Å². The lowest BCUT2D eigenvalue weighted by Crippen LogP contribution is -2.14. The van der Waals surface area contributed by atoms with Gasteiger partial charge in [0.2, 0.25) is 0 Å². The van der Waals surface area contributed by atoms with E-state index >= 15 is 0 Å². The van der Waals surface area contributed by atoms with Crippen molar-refractivity contribution in [1.29, 1.82) is 0 Å². The summed E-state index contributed by atoms with van der Waals surface area (Å²) in [6, 6.07) is 21.7. The molecule has 5 rings (SSSR count). The minimum Gasteiger partial charge on any atom is -0.496 e. The van der Waals surface area contributed by atoms with Crippen LogP contribution in [0.5, 0.6) is 5.75 Å². The predicted octanol–water partition coefficient (Wildman–Crippen LogP) is 5.17. The number of nitrogens with zero attached hydrogens (tertiary/aromatic N) is 4. The highest BCUT2D eigenvalue weighted by atomic mass is 35.5. The fraction of sp³-hybridized carbons (Fsp3) is 0.143. The lowest BCUT2D eigenvalue weighted by atomic mass is 10.1. The number of methoxy groups -OCH3 is 1. The molecule has 37 heavy (non-hydrogen) atoms. The summed E-state index contributed by atoms with van der Waals surface area (Å²) in [5.74, 6) is -0.123. The lowest BCUT2D eigenvalue weighted by molar-refractivity contribution is -0.144. The molecule has 0 fully saturated rings. The van der Waals surface area contributed by atoms with Crippen molar-refractivity contribution >= 4 is 34.4 Å². The van der Waals surface area contributed by atoms with Gasteiger partial charge < -0.3 is 9.47 Å². The summed E-state index contributed by atoms with van der Waals surface area (Å²) in [7, 11) is 1.56. The number of carbonyl (C=O) groups is 2. The van der Waals surface area contributed by atoms with Gasteiger partial charge in [0.25, 0.3) is 5.91 Å². The van der Waals surface area contributed by atoms with Crippen LogP contribution in [-0.4, -0.2) is 38.5 Å². The van der Waals surface area contributed by atoms with E-state index in [9.17, 15) is 9.59 Å². The number of para-hydroxylation sites is 1. The van der Waals surface area contributed by atoms with E-state index in [-0.39, 0.29) is 18.9 Å². The molecule has 0 saturated carbocycles. The molecule has 0 amide bonds. The van der Waals surface area contributed by atoms with E-state index in [0.717, 1.165) is 5.69 Å². The Hall–Kier alpha value is -4.43. The van der Waals surface area contributed by atoms with E-state index < -0.39 is 5.97 Å². The maximum atomic E-state index is 13.5. The van der Waals surface area contributed by atoms with Crippen molar-refractivity contribution in [3.8, 4) is 11.4 Å². The molecule has 0 aliphatic carbocycles. The number of fused-ring (bicyclic) bond motifs is 1. The van der Waals surface area contributed by atoms with Crippen molar-refractivity contribution in [3.05, 3.63) is 107 Å². The summed E-state index contributed by atoms with van der Waals surface area (Å²) in [5, 5.41) is 9.42. The van der Waals surface area contributed by atoms with Crippen molar-refractivity contribution in [3.63, 3.8) is 0 Å². The van der Waals surface area contributed by atoms with Crippen molar-refractivity contribution in [2.45, 2.75) is 20.0 Å². The molecule has 0 atom stereocenters. The molecule has 2 aromatic heterocycles. The summed E-state index contributed by atoms with van der Waals surface area (Å²) < 4.78 is 14.3. The summed E-state index contributed by atoms with van der Waals surface area (Å²) in [6.07, 6.45) is 1.67. The van der Waals surface area contributed by atoms with Crippen molar-refractivity contribution in [1.82, 2.24) is 19.6 Å². The fourth-order valence-electron chi connectivity index (χ4n) is 4.30. The first kappa shape index (κ1) is 24.3. The molecule has 0 unspecified atom stereocenters. The number of hydrogen-bond donors (Lipinski definition) is 0. The topological polar surface area (TPSA) is 88.2 Å². The van der Waals surface area contributed by atoms with Gasteiger partial charge in [-0.25, -0.2) is 4.68 Å². The molecule has 0 aliphatic heterocycles. The van der Waals surface area contributed by atoms with Crippen LogP contribution in [0.2, 0.25) is 5.02 Å². The number of ether oxygens (including phenoxy) is 2. The Balaban J connectivity index is 1.41. The van der Waals surface area contributed by atoms with Gasteiger partial charge in [-0.3, -0.25) is 14.2 Å². The minimum atomic E-state index is -0.457. The second-order valence-electron chi connectivity index (χ2n) is 8.39. The molecule has 186 valence electrons. The van der Waals surface area contributed by atoms with Crippen molar-refractivity contribution in [2.75, 3.05) is 7.11 Å². The third kappa shape index (κ3) is 4.83. The van der Waals surface area contributed by atoms with Gasteiger partial charge in [-0.15, -0.1) is 5.10 Å². The van der Waals surface area contributed by atoms with E-state index in [4.69, 9.17) is 21.1 Å². The van der Waals surface area contributed by atoms with Crippen LogP contribution >= 0.6 is 11.6 Å². The number of benzene rings is 3. The van der Waals surface area contributed by atoms with E-state index in [2.05, 4.69) is 10.3 Å². The molecule has 9 heteroatoms. The molecule has 5 aromatic rings. The predicted molar refractivity (Wildman–Crippen MR) is 139 cm³/mol. The molecular formula is C28H23ClN4O4. The van der Waals surface area contributed by atoms with Gasteiger partial charge in [-0.2, -0.15) is 0 Å². The zero-order valence-corrected chi connectivity index (χ0v) is 21.0. The van der Waals surface area contributed by atoms with E-state index in [1.165, 1.54) is 0 Å². The molecule has 0 bridgehead atoms. The van der Waals surface area contributed by atoms with Crippen LogP contribution in [0, 0.1) is 6.92 Å². The number of esters is 1. The molecule has 0 saturated heterocycles. The zero-order valence-electron chi connectivity index (χ0n) is 20.2. The SMILES string of the molecule is COc1cccc2c1c(CC(=O)OCc1cn(-c3ccccc3)nn1)c(C)n2C(=O)c1ccc(Cl)cc1. The maximum Gasteiger partial charge on any atom is 0.310 e. The standard InChI is InChI=1S/C28H23ClN4O4/c1-18-23(15-26(34)37-17-21-16-32(31-30-21)22-7-4-3-5-8-22)27-24(9-6-10-25(27)36-2)33(18)28(35)19-11-13-20(29)14-12-19/h3-14,16H,15,17H2,1-2H3. The lowest BCUT2D eigenvalue weighted by Gasteiger charge is -2.08. The number of halogens is 1. The highest BCUT2D eigenvalue weighted by Crippen LogP contribution is 2.34. The van der Waals surface area contributed by atoms with Gasteiger partial charge in [0, 0.05) is 21.7 Å². The quantitative estimate of drug-likeness (QED) is 0.278. The smallest absolute Gasteiger partial charge is 0.310 e. The third-order valence-electron chi connectivity index (χ3n) is 6.10. The Labute approximate surface area is 218 Å². The van der Waals surface area contributed by atoms with Gasteiger partial charge >= 0.3 is 5.97 Å². The highest BCUT2D eigenvalue weighted by molar-refractivity contribution is 6.30. The van der Waals surface area contributed by atoms with E-state index in [0.29, 0.717) is 44.2 Å². The van der Waals surface area contributed by atoms with Crippen LogP contribution in [-0.2, 0) is 22.6 Å². The Morgan fingerprint density at radius 1 is 0.973 bits per heavy atom. The van der Waals surface area contributed by atoms with Gasteiger partial charge in [0.15, 0.2) is 0 Å².